The van der Waals surface area contributed by atoms with E-state index in [0.717, 1.165) is 39.1 Å². The third-order valence-corrected chi connectivity index (χ3v) is 9.16. The van der Waals surface area contributed by atoms with Gasteiger partial charge in [-0.15, -0.1) is 0 Å². The lowest BCUT2D eigenvalue weighted by molar-refractivity contribution is 1.07. The second kappa shape index (κ2) is 11.8. The summed E-state index contributed by atoms with van der Waals surface area (Å²) in [4.78, 5) is 17.5. The van der Waals surface area contributed by atoms with Crippen molar-refractivity contribution in [2.24, 2.45) is 0 Å². The number of aromatic nitrogens is 3. The van der Waals surface area contributed by atoms with Crippen LogP contribution in [0.1, 0.15) is 5.56 Å². The Hall–Kier alpha value is -6.33. The molecule has 9 rings (SSSR count). The SMILES string of the molecule is C1=CB2c3ccccc3-c3ccccc3N2C(c2ccc(-c3nc(-c4ccccc4)nc(-c4ccccc4)n3)cc2-c2ccccc2)=C1. The van der Waals surface area contributed by atoms with Crippen molar-refractivity contribution in [3.05, 3.63) is 181 Å². The second-order valence-electron chi connectivity index (χ2n) is 12.0. The van der Waals surface area contributed by atoms with Gasteiger partial charge < -0.3 is 4.81 Å². The molecule has 0 unspecified atom stereocenters. The van der Waals surface area contributed by atoms with E-state index < -0.39 is 0 Å². The van der Waals surface area contributed by atoms with Crippen molar-refractivity contribution >= 4 is 23.7 Å². The topological polar surface area (TPSA) is 41.9 Å². The third-order valence-electron chi connectivity index (χ3n) is 9.16. The van der Waals surface area contributed by atoms with Gasteiger partial charge in [0, 0.05) is 39.2 Å². The van der Waals surface area contributed by atoms with Gasteiger partial charge in [0.15, 0.2) is 17.5 Å². The highest BCUT2D eigenvalue weighted by atomic mass is 15.1. The van der Waals surface area contributed by atoms with Gasteiger partial charge in [-0.3, -0.25) is 0 Å². The molecule has 224 valence electrons. The minimum atomic E-state index is 0.0878. The van der Waals surface area contributed by atoms with E-state index >= 15 is 0 Å². The summed E-state index contributed by atoms with van der Waals surface area (Å²) >= 11 is 0. The molecule has 0 bridgehead atoms. The number of para-hydroxylation sites is 1. The van der Waals surface area contributed by atoms with Gasteiger partial charge in [0.25, 0.3) is 0 Å². The van der Waals surface area contributed by atoms with Crippen LogP contribution in [0.15, 0.2) is 176 Å². The van der Waals surface area contributed by atoms with Crippen molar-refractivity contribution in [2.75, 3.05) is 4.81 Å². The predicted octanol–water partition coefficient (Wildman–Crippen LogP) is 9.38. The van der Waals surface area contributed by atoms with Gasteiger partial charge in [0.05, 0.1) is 0 Å². The summed E-state index contributed by atoms with van der Waals surface area (Å²) in [5.41, 5.74) is 12.4. The quantitative estimate of drug-likeness (QED) is 0.182. The summed E-state index contributed by atoms with van der Waals surface area (Å²) in [7, 11) is 0. The number of fused-ring (bicyclic) bond motifs is 6. The Kier molecular flexibility index (Phi) is 6.87. The van der Waals surface area contributed by atoms with Crippen LogP contribution in [0.4, 0.5) is 5.69 Å². The molecular formula is C43H29BN4. The number of anilines is 1. The van der Waals surface area contributed by atoms with Crippen LogP contribution in [0.3, 0.4) is 0 Å². The fraction of sp³-hybridized carbons (Fsp3) is 0. The number of allylic oxidation sites excluding steroid dienone is 2. The first-order valence-corrected chi connectivity index (χ1v) is 16.2. The first-order valence-electron chi connectivity index (χ1n) is 16.2. The number of rotatable bonds is 5. The van der Waals surface area contributed by atoms with Crippen LogP contribution in [-0.2, 0) is 0 Å². The highest BCUT2D eigenvalue weighted by Crippen LogP contribution is 2.43. The Bertz CT molecular complexity index is 2290. The molecule has 4 nitrogen and oxygen atoms in total. The molecule has 0 saturated carbocycles. The molecule has 1 aromatic heterocycles. The van der Waals surface area contributed by atoms with Gasteiger partial charge in [-0.25, -0.2) is 15.0 Å². The van der Waals surface area contributed by atoms with Gasteiger partial charge in [0.2, 0.25) is 0 Å². The van der Waals surface area contributed by atoms with Crippen LogP contribution in [-0.4, -0.2) is 21.8 Å². The van der Waals surface area contributed by atoms with E-state index in [9.17, 15) is 0 Å². The van der Waals surface area contributed by atoms with E-state index in [1.165, 1.54) is 22.3 Å². The number of hydrogen-bond donors (Lipinski definition) is 0. The average molecular weight is 613 g/mol. The molecule has 3 heterocycles. The maximum atomic E-state index is 5.04. The monoisotopic (exact) mass is 612 g/mol. The first-order chi connectivity index (χ1) is 23.8. The van der Waals surface area contributed by atoms with Crippen LogP contribution in [0.25, 0.3) is 62.1 Å². The van der Waals surface area contributed by atoms with Crippen molar-refractivity contribution in [3.63, 3.8) is 0 Å². The van der Waals surface area contributed by atoms with Crippen LogP contribution in [0.2, 0.25) is 0 Å². The van der Waals surface area contributed by atoms with Crippen molar-refractivity contribution in [3.8, 4) is 56.4 Å². The molecule has 0 N–H and O–H groups in total. The number of nitrogens with zero attached hydrogens (tertiary/aromatic N) is 4. The summed E-state index contributed by atoms with van der Waals surface area (Å²) in [6.45, 7) is 0.0878. The zero-order valence-corrected chi connectivity index (χ0v) is 26.1. The van der Waals surface area contributed by atoms with Crippen LogP contribution >= 0.6 is 0 Å². The van der Waals surface area contributed by atoms with E-state index in [1.807, 2.05) is 60.7 Å². The summed E-state index contributed by atoms with van der Waals surface area (Å²) in [5.74, 6) is 4.24. The van der Waals surface area contributed by atoms with E-state index in [4.69, 9.17) is 15.0 Å². The Balaban J connectivity index is 1.23. The molecule has 0 atom stereocenters. The zero-order valence-electron chi connectivity index (χ0n) is 26.1. The Morgan fingerprint density at radius 3 is 1.62 bits per heavy atom. The molecule has 48 heavy (non-hydrogen) atoms. The fourth-order valence-corrected chi connectivity index (χ4v) is 6.92. The molecule has 6 aromatic carbocycles. The van der Waals surface area contributed by atoms with Gasteiger partial charge in [-0.2, -0.15) is 0 Å². The van der Waals surface area contributed by atoms with E-state index in [1.54, 1.807) is 0 Å². The summed E-state index contributed by atoms with van der Waals surface area (Å²) < 4.78 is 0. The number of hydrogen-bond acceptors (Lipinski definition) is 4. The minimum Gasteiger partial charge on any atom is -0.376 e. The van der Waals surface area contributed by atoms with Gasteiger partial charge in [-0.1, -0.05) is 158 Å². The summed E-state index contributed by atoms with van der Waals surface area (Å²) in [6, 6.07) is 55.0. The molecular weight excluding hydrogens is 583 g/mol. The Morgan fingerprint density at radius 2 is 0.958 bits per heavy atom. The molecule has 0 saturated heterocycles. The van der Waals surface area contributed by atoms with Crippen LogP contribution in [0, 0.1) is 0 Å². The van der Waals surface area contributed by atoms with Crippen molar-refractivity contribution in [2.45, 2.75) is 0 Å². The Labute approximate surface area is 280 Å². The van der Waals surface area contributed by atoms with Gasteiger partial charge >= 0.3 is 6.85 Å². The zero-order chi connectivity index (χ0) is 31.9. The summed E-state index contributed by atoms with van der Waals surface area (Å²) in [6.07, 6.45) is 4.45. The maximum absolute atomic E-state index is 5.04. The van der Waals surface area contributed by atoms with Crippen LogP contribution in [0.5, 0.6) is 0 Å². The number of benzene rings is 6. The van der Waals surface area contributed by atoms with Crippen molar-refractivity contribution in [1.29, 1.82) is 0 Å². The molecule has 2 aliphatic rings. The largest absolute Gasteiger partial charge is 0.376 e. The normalized spacial score (nSPS) is 13.0. The lowest BCUT2D eigenvalue weighted by atomic mass is 9.49. The molecule has 0 aliphatic carbocycles. The van der Waals surface area contributed by atoms with Gasteiger partial charge in [0.1, 0.15) is 0 Å². The minimum absolute atomic E-state index is 0.0878. The van der Waals surface area contributed by atoms with E-state index in [2.05, 4.69) is 120 Å². The Morgan fingerprint density at radius 1 is 0.417 bits per heavy atom. The molecule has 5 heteroatoms. The maximum Gasteiger partial charge on any atom is 0.321 e. The smallest absolute Gasteiger partial charge is 0.321 e. The first kappa shape index (κ1) is 27.9. The molecule has 0 radical (unpaired) electrons. The molecule has 2 aliphatic heterocycles. The average Bonchev–Trinajstić information content (AvgIpc) is 3.18. The predicted molar refractivity (Wildman–Crippen MR) is 198 cm³/mol. The fourth-order valence-electron chi connectivity index (χ4n) is 6.92. The van der Waals surface area contributed by atoms with Gasteiger partial charge in [-0.05, 0) is 40.4 Å². The van der Waals surface area contributed by atoms with Crippen molar-refractivity contribution < 1.29 is 0 Å². The van der Waals surface area contributed by atoms with Crippen LogP contribution < -0.4 is 10.3 Å². The molecule has 7 aromatic rings. The molecule has 0 spiro atoms. The van der Waals surface area contributed by atoms with E-state index in [0.29, 0.717) is 17.5 Å². The highest BCUT2D eigenvalue weighted by molar-refractivity contribution is 6.85. The highest BCUT2D eigenvalue weighted by Gasteiger charge is 2.36. The molecule has 0 amide bonds. The van der Waals surface area contributed by atoms with E-state index in [-0.39, 0.29) is 6.85 Å². The summed E-state index contributed by atoms with van der Waals surface area (Å²) in [5, 5.41) is 0. The lowest BCUT2D eigenvalue weighted by Gasteiger charge is -2.40. The second-order valence-corrected chi connectivity index (χ2v) is 12.0. The standard InChI is InChI=1S/C43H29BN4/c1-4-15-30(16-5-1)37-29-33(43-46-41(31-17-6-2-7-18-31)45-42(47-43)32-19-8-3-9-20-32)26-27-36(37)40-25-14-28-44-38-23-12-10-21-34(38)35-22-11-13-24-39(35)48(40)44/h1-29H. The lowest BCUT2D eigenvalue weighted by Crippen LogP contribution is -2.50. The third kappa shape index (κ3) is 4.84. The molecule has 0 fully saturated rings. The van der Waals surface area contributed by atoms with Crippen molar-refractivity contribution in [1.82, 2.24) is 15.0 Å².